The molecule has 0 aliphatic carbocycles. The van der Waals surface area contributed by atoms with E-state index in [0.717, 1.165) is 30.8 Å². The Bertz CT molecular complexity index is 363. The topological polar surface area (TPSA) is 41.1 Å². The fourth-order valence-electron chi connectivity index (χ4n) is 1.87. The molecule has 0 atom stereocenters. The smallest absolute Gasteiger partial charge is 0.253 e. The van der Waals surface area contributed by atoms with Crippen LogP contribution < -0.4 is 10.6 Å². The summed E-state index contributed by atoms with van der Waals surface area (Å²) in [5.74, 6) is 0.0167. The maximum atomic E-state index is 12.0. The Labute approximate surface area is 110 Å². The van der Waals surface area contributed by atoms with Crippen molar-refractivity contribution in [1.29, 1.82) is 0 Å². The van der Waals surface area contributed by atoms with Gasteiger partial charge in [-0.1, -0.05) is 38.3 Å². The Hall–Kier alpha value is -1.51. The third-order valence-electron chi connectivity index (χ3n) is 2.85. The maximum absolute atomic E-state index is 12.0. The number of carbonyl (C=O) groups is 1. The maximum Gasteiger partial charge on any atom is 0.253 e. The molecular weight excluding hydrogens is 224 g/mol. The van der Waals surface area contributed by atoms with Crippen LogP contribution in [0.3, 0.4) is 0 Å². The zero-order valence-electron chi connectivity index (χ0n) is 11.5. The normalized spacial score (nSPS) is 10.1. The van der Waals surface area contributed by atoms with Crippen LogP contribution in [-0.4, -0.2) is 19.0 Å². The van der Waals surface area contributed by atoms with Crippen LogP contribution in [0.1, 0.15) is 49.9 Å². The third-order valence-corrected chi connectivity index (χ3v) is 2.85. The van der Waals surface area contributed by atoms with Crippen molar-refractivity contribution >= 4 is 11.6 Å². The second-order valence-electron chi connectivity index (χ2n) is 4.39. The predicted octanol–water partition coefficient (Wildman–Crippen LogP) is 3.43. The van der Waals surface area contributed by atoms with E-state index in [1.807, 2.05) is 31.2 Å². The van der Waals surface area contributed by atoms with Gasteiger partial charge in [0.1, 0.15) is 0 Å². The molecule has 1 aromatic carbocycles. The van der Waals surface area contributed by atoms with Crippen molar-refractivity contribution in [2.45, 2.75) is 39.5 Å². The van der Waals surface area contributed by atoms with E-state index < -0.39 is 0 Å². The van der Waals surface area contributed by atoms with Gasteiger partial charge in [-0.05, 0) is 25.5 Å². The van der Waals surface area contributed by atoms with Gasteiger partial charge in [0.25, 0.3) is 5.91 Å². The van der Waals surface area contributed by atoms with Crippen molar-refractivity contribution in [3.05, 3.63) is 29.8 Å². The van der Waals surface area contributed by atoms with Crippen LogP contribution in [0.25, 0.3) is 0 Å². The quantitative estimate of drug-likeness (QED) is 0.692. The standard InChI is InChI=1S/C15H24N2O/c1-3-5-6-9-12-17-15(18)13-10-7-8-11-14(13)16-4-2/h7-8,10-11,16H,3-6,9,12H2,1-2H3,(H,17,18). The summed E-state index contributed by atoms with van der Waals surface area (Å²) in [6, 6.07) is 7.64. The van der Waals surface area contributed by atoms with Gasteiger partial charge in [0, 0.05) is 18.8 Å². The van der Waals surface area contributed by atoms with Crippen molar-refractivity contribution in [2.75, 3.05) is 18.4 Å². The van der Waals surface area contributed by atoms with Crippen molar-refractivity contribution in [3.63, 3.8) is 0 Å². The van der Waals surface area contributed by atoms with E-state index in [2.05, 4.69) is 17.6 Å². The highest BCUT2D eigenvalue weighted by Gasteiger charge is 2.09. The Morgan fingerprint density at radius 3 is 2.61 bits per heavy atom. The van der Waals surface area contributed by atoms with E-state index in [4.69, 9.17) is 0 Å². The molecule has 0 spiro atoms. The summed E-state index contributed by atoms with van der Waals surface area (Å²) in [6.07, 6.45) is 4.70. The second-order valence-corrected chi connectivity index (χ2v) is 4.39. The van der Waals surface area contributed by atoms with Gasteiger partial charge in [0.2, 0.25) is 0 Å². The zero-order chi connectivity index (χ0) is 13.2. The summed E-state index contributed by atoms with van der Waals surface area (Å²) in [5, 5.41) is 6.18. The third kappa shape index (κ3) is 4.78. The number of benzene rings is 1. The summed E-state index contributed by atoms with van der Waals surface area (Å²) in [7, 11) is 0. The first-order valence-electron chi connectivity index (χ1n) is 6.90. The molecule has 0 saturated carbocycles. The van der Waals surface area contributed by atoms with Gasteiger partial charge < -0.3 is 10.6 Å². The molecule has 0 aliphatic rings. The van der Waals surface area contributed by atoms with E-state index >= 15 is 0 Å². The Balaban J connectivity index is 2.45. The molecule has 0 saturated heterocycles. The van der Waals surface area contributed by atoms with Crippen LogP contribution in [0.5, 0.6) is 0 Å². The lowest BCUT2D eigenvalue weighted by Crippen LogP contribution is -2.25. The summed E-state index contributed by atoms with van der Waals surface area (Å²) < 4.78 is 0. The van der Waals surface area contributed by atoms with E-state index in [9.17, 15) is 4.79 Å². The highest BCUT2D eigenvalue weighted by molar-refractivity contribution is 5.99. The molecule has 0 radical (unpaired) electrons. The fraction of sp³-hybridized carbons (Fsp3) is 0.533. The van der Waals surface area contributed by atoms with Crippen molar-refractivity contribution in [1.82, 2.24) is 5.32 Å². The first-order chi connectivity index (χ1) is 8.79. The van der Waals surface area contributed by atoms with E-state index in [-0.39, 0.29) is 5.91 Å². The van der Waals surface area contributed by atoms with Crippen LogP contribution in [-0.2, 0) is 0 Å². The van der Waals surface area contributed by atoms with Gasteiger partial charge >= 0.3 is 0 Å². The number of para-hydroxylation sites is 1. The Kier molecular flexibility index (Phi) is 6.92. The summed E-state index contributed by atoms with van der Waals surface area (Å²) in [6.45, 7) is 5.80. The van der Waals surface area contributed by atoms with E-state index in [1.54, 1.807) is 0 Å². The van der Waals surface area contributed by atoms with Gasteiger partial charge in [0.05, 0.1) is 5.56 Å². The van der Waals surface area contributed by atoms with Crippen LogP contribution in [0, 0.1) is 0 Å². The molecule has 1 aromatic rings. The van der Waals surface area contributed by atoms with E-state index in [1.165, 1.54) is 19.3 Å². The molecule has 0 fully saturated rings. The van der Waals surface area contributed by atoms with Crippen molar-refractivity contribution in [3.8, 4) is 0 Å². The van der Waals surface area contributed by atoms with Crippen molar-refractivity contribution in [2.24, 2.45) is 0 Å². The van der Waals surface area contributed by atoms with Crippen LogP contribution in [0.4, 0.5) is 5.69 Å². The highest BCUT2D eigenvalue weighted by Crippen LogP contribution is 2.14. The molecule has 3 heteroatoms. The molecule has 0 bridgehead atoms. The molecular formula is C15H24N2O. The van der Waals surface area contributed by atoms with Crippen LogP contribution >= 0.6 is 0 Å². The molecule has 2 N–H and O–H groups in total. The number of carbonyl (C=O) groups excluding carboxylic acids is 1. The largest absolute Gasteiger partial charge is 0.385 e. The average Bonchev–Trinajstić information content (AvgIpc) is 2.39. The van der Waals surface area contributed by atoms with Gasteiger partial charge in [-0.15, -0.1) is 0 Å². The van der Waals surface area contributed by atoms with Gasteiger partial charge in [-0.3, -0.25) is 4.79 Å². The second kappa shape index (κ2) is 8.56. The van der Waals surface area contributed by atoms with Gasteiger partial charge in [0.15, 0.2) is 0 Å². The number of anilines is 1. The van der Waals surface area contributed by atoms with E-state index in [0.29, 0.717) is 0 Å². The molecule has 0 aliphatic heterocycles. The molecule has 0 aromatic heterocycles. The van der Waals surface area contributed by atoms with Crippen molar-refractivity contribution < 1.29 is 4.79 Å². The molecule has 1 rings (SSSR count). The number of nitrogens with one attached hydrogen (secondary N) is 2. The number of rotatable bonds is 8. The number of hydrogen-bond donors (Lipinski definition) is 2. The molecule has 100 valence electrons. The number of hydrogen-bond acceptors (Lipinski definition) is 2. The molecule has 0 unspecified atom stereocenters. The lowest BCUT2D eigenvalue weighted by atomic mass is 10.1. The first-order valence-corrected chi connectivity index (χ1v) is 6.90. The summed E-state index contributed by atoms with van der Waals surface area (Å²) in [4.78, 5) is 12.0. The minimum Gasteiger partial charge on any atom is -0.385 e. The molecule has 0 heterocycles. The highest BCUT2D eigenvalue weighted by atomic mass is 16.1. The van der Waals surface area contributed by atoms with Gasteiger partial charge in [-0.25, -0.2) is 0 Å². The summed E-state index contributed by atoms with van der Waals surface area (Å²) >= 11 is 0. The molecule has 3 nitrogen and oxygen atoms in total. The Morgan fingerprint density at radius 1 is 1.11 bits per heavy atom. The molecule has 18 heavy (non-hydrogen) atoms. The minimum atomic E-state index is 0.0167. The first kappa shape index (κ1) is 14.6. The fourth-order valence-corrected chi connectivity index (χ4v) is 1.87. The van der Waals surface area contributed by atoms with Gasteiger partial charge in [-0.2, -0.15) is 0 Å². The van der Waals surface area contributed by atoms with Crippen LogP contribution in [0.2, 0.25) is 0 Å². The summed E-state index contributed by atoms with van der Waals surface area (Å²) in [5.41, 5.74) is 1.64. The monoisotopic (exact) mass is 248 g/mol. The predicted molar refractivity (Wildman–Crippen MR) is 77.1 cm³/mol. The Morgan fingerprint density at radius 2 is 1.89 bits per heavy atom. The average molecular weight is 248 g/mol. The zero-order valence-corrected chi connectivity index (χ0v) is 11.5. The van der Waals surface area contributed by atoms with Crippen LogP contribution in [0.15, 0.2) is 24.3 Å². The lowest BCUT2D eigenvalue weighted by Gasteiger charge is -2.10. The molecule has 1 amide bonds. The number of unbranched alkanes of at least 4 members (excludes halogenated alkanes) is 3. The lowest BCUT2D eigenvalue weighted by molar-refractivity contribution is 0.0953. The minimum absolute atomic E-state index is 0.0167. The SMILES string of the molecule is CCCCCCNC(=O)c1ccccc1NCC. The number of amides is 1.